The minimum atomic E-state index is -0.921. The van der Waals surface area contributed by atoms with Crippen LogP contribution >= 0.6 is 0 Å². The maximum Gasteiger partial charge on any atom is 0.375 e. The lowest BCUT2D eigenvalue weighted by Crippen LogP contribution is -2.29. The molecule has 1 rings (SSSR count). The maximum atomic E-state index is 11.9. The third kappa shape index (κ3) is 5.57. The van der Waals surface area contributed by atoms with Gasteiger partial charge in [-0.3, -0.25) is 9.59 Å². The molecule has 0 fully saturated rings. The monoisotopic (exact) mass is 287 g/mol. The molecule has 1 aromatic carbocycles. The van der Waals surface area contributed by atoms with Crippen molar-refractivity contribution in [2.24, 2.45) is 0 Å². The van der Waals surface area contributed by atoms with Crippen LogP contribution in [0.4, 0.5) is 0 Å². The number of nitrogens with zero attached hydrogens (tertiary/aromatic N) is 1. The molecule has 0 saturated carbocycles. The third-order valence-electron chi connectivity index (χ3n) is 2.54. The van der Waals surface area contributed by atoms with Crippen molar-refractivity contribution in [2.45, 2.75) is 39.2 Å². The molecule has 0 atom stereocenters. The molecule has 0 saturated heterocycles. The normalized spacial score (nSPS) is 10.6. The molecule has 21 heavy (non-hydrogen) atoms. The third-order valence-corrected chi connectivity index (χ3v) is 2.54. The van der Waals surface area contributed by atoms with E-state index in [1.165, 1.54) is 24.3 Å². The lowest BCUT2D eigenvalue weighted by Gasteiger charge is -2.18. The molecule has 5 heteroatoms. The summed E-state index contributed by atoms with van der Waals surface area (Å²) in [4.78, 5) is 34.9. The van der Waals surface area contributed by atoms with Gasteiger partial charge in [0.2, 0.25) is 5.78 Å². The Kier molecular flexibility index (Phi) is 5.37. The summed E-state index contributed by atoms with van der Waals surface area (Å²) in [5.41, 5.74) is 0.131. The van der Waals surface area contributed by atoms with Crippen LogP contribution in [0, 0.1) is 11.3 Å². The largest absolute Gasteiger partial charge is 0.454 e. The zero-order valence-electron chi connectivity index (χ0n) is 12.3. The first-order chi connectivity index (χ1) is 9.73. The van der Waals surface area contributed by atoms with E-state index in [0.717, 1.165) is 0 Å². The Morgan fingerprint density at radius 3 is 2.14 bits per heavy atom. The summed E-state index contributed by atoms with van der Waals surface area (Å²) in [6.45, 7) is 5.00. The van der Waals surface area contributed by atoms with Crippen LogP contribution in [0.3, 0.4) is 0 Å². The van der Waals surface area contributed by atoms with Crippen molar-refractivity contribution in [1.29, 1.82) is 5.26 Å². The van der Waals surface area contributed by atoms with E-state index in [9.17, 15) is 14.4 Å². The molecule has 5 nitrogen and oxygen atoms in total. The van der Waals surface area contributed by atoms with Gasteiger partial charge in [0.15, 0.2) is 5.78 Å². The van der Waals surface area contributed by atoms with Crippen LogP contribution in [0.25, 0.3) is 0 Å². The van der Waals surface area contributed by atoms with E-state index in [1.54, 1.807) is 20.8 Å². The molecule has 0 aliphatic heterocycles. The molecule has 0 unspecified atom stereocenters. The molecule has 0 radical (unpaired) electrons. The predicted molar refractivity (Wildman–Crippen MR) is 75.6 cm³/mol. The average molecular weight is 287 g/mol. The minimum Gasteiger partial charge on any atom is -0.454 e. The van der Waals surface area contributed by atoms with E-state index >= 15 is 0 Å². The molecule has 0 aromatic heterocycles. The van der Waals surface area contributed by atoms with E-state index in [2.05, 4.69) is 0 Å². The highest BCUT2D eigenvalue weighted by Gasteiger charge is 2.23. The second kappa shape index (κ2) is 6.80. The number of carbonyl (C=O) groups excluding carboxylic acids is 3. The van der Waals surface area contributed by atoms with Gasteiger partial charge in [-0.1, -0.05) is 12.1 Å². The van der Waals surface area contributed by atoms with Gasteiger partial charge in [0, 0.05) is 18.4 Å². The number of carbonyl (C=O) groups is 3. The van der Waals surface area contributed by atoms with Crippen LogP contribution in [-0.4, -0.2) is 23.1 Å². The Bertz CT molecular complexity index is 588. The Morgan fingerprint density at radius 2 is 1.67 bits per heavy atom. The Labute approximate surface area is 123 Å². The van der Waals surface area contributed by atoms with Crippen molar-refractivity contribution < 1.29 is 19.1 Å². The van der Waals surface area contributed by atoms with Crippen LogP contribution in [0.1, 0.15) is 49.5 Å². The maximum absolute atomic E-state index is 11.9. The van der Waals surface area contributed by atoms with E-state index < -0.39 is 17.4 Å². The summed E-state index contributed by atoms with van der Waals surface area (Å²) in [6, 6.07) is 8.07. The van der Waals surface area contributed by atoms with Crippen molar-refractivity contribution in [3.63, 3.8) is 0 Å². The van der Waals surface area contributed by atoms with Gasteiger partial charge in [-0.15, -0.1) is 0 Å². The highest BCUT2D eigenvalue weighted by Crippen LogP contribution is 2.11. The van der Waals surface area contributed by atoms with E-state index in [1.807, 2.05) is 6.07 Å². The van der Waals surface area contributed by atoms with Gasteiger partial charge in [0.25, 0.3) is 0 Å². The fraction of sp³-hybridized carbons (Fsp3) is 0.375. The Hall–Kier alpha value is -2.48. The number of hydrogen-bond acceptors (Lipinski definition) is 5. The quantitative estimate of drug-likeness (QED) is 0.472. The molecular weight excluding hydrogens is 270 g/mol. The number of Topliss-reactive ketones (excluding diaryl/α,β-unsaturated/α-hetero) is 2. The fourth-order valence-corrected chi connectivity index (χ4v) is 1.54. The summed E-state index contributed by atoms with van der Waals surface area (Å²) in [5.74, 6) is -1.89. The number of benzene rings is 1. The lowest BCUT2D eigenvalue weighted by atomic mass is 10.0. The number of ketones is 2. The summed E-state index contributed by atoms with van der Waals surface area (Å²) in [6.07, 6.45) is -0.252. The van der Waals surface area contributed by atoms with E-state index in [-0.39, 0.29) is 18.6 Å². The van der Waals surface area contributed by atoms with Gasteiger partial charge in [-0.2, -0.15) is 5.26 Å². The molecule has 0 aliphatic rings. The topological polar surface area (TPSA) is 84.2 Å². The standard InChI is InChI=1S/C16H17NO4/c1-16(2,3)21-15(20)14(19)9-8-13(18)12-6-4-11(10-17)5-7-12/h4-7H,8-9H2,1-3H3. The zero-order chi connectivity index (χ0) is 16.0. The fourth-order valence-electron chi connectivity index (χ4n) is 1.54. The van der Waals surface area contributed by atoms with Crippen molar-refractivity contribution in [3.05, 3.63) is 35.4 Å². The highest BCUT2D eigenvalue weighted by atomic mass is 16.6. The molecule has 0 bridgehead atoms. The van der Waals surface area contributed by atoms with Crippen molar-refractivity contribution in [2.75, 3.05) is 0 Å². The first kappa shape index (κ1) is 16.6. The second-order valence-corrected chi connectivity index (χ2v) is 5.54. The predicted octanol–water partition coefficient (Wildman–Crippen LogP) is 2.43. The molecule has 0 spiro atoms. The molecule has 110 valence electrons. The van der Waals surface area contributed by atoms with Gasteiger partial charge >= 0.3 is 5.97 Å². The first-order valence-electron chi connectivity index (χ1n) is 6.52. The highest BCUT2D eigenvalue weighted by molar-refractivity contribution is 6.34. The van der Waals surface area contributed by atoms with Crippen LogP contribution in [0.5, 0.6) is 0 Å². The number of esters is 1. The minimum absolute atomic E-state index is 0.0655. The number of nitriles is 1. The van der Waals surface area contributed by atoms with Crippen LogP contribution in [0.2, 0.25) is 0 Å². The van der Waals surface area contributed by atoms with Crippen molar-refractivity contribution in [3.8, 4) is 6.07 Å². The van der Waals surface area contributed by atoms with Crippen LogP contribution in [-0.2, 0) is 14.3 Å². The molecule has 0 amide bonds. The summed E-state index contributed by atoms with van der Waals surface area (Å²) >= 11 is 0. The average Bonchev–Trinajstić information content (AvgIpc) is 2.42. The number of rotatable bonds is 5. The van der Waals surface area contributed by atoms with Gasteiger partial charge in [0.05, 0.1) is 11.6 Å². The lowest BCUT2D eigenvalue weighted by molar-refractivity contribution is -0.162. The Balaban J connectivity index is 2.54. The smallest absolute Gasteiger partial charge is 0.375 e. The van der Waals surface area contributed by atoms with Crippen molar-refractivity contribution >= 4 is 17.5 Å². The zero-order valence-corrected chi connectivity index (χ0v) is 12.3. The molecule has 0 aliphatic carbocycles. The molecule has 1 aromatic rings. The van der Waals surface area contributed by atoms with E-state index in [0.29, 0.717) is 11.1 Å². The Morgan fingerprint density at radius 1 is 1.10 bits per heavy atom. The van der Waals surface area contributed by atoms with Gasteiger partial charge < -0.3 is 4.74 Å². The molecule has 0 N–H and O–H groups in total. The van der Waals surface area contributed by atoms with Crippen molar-refractivity contribution in [1.82, 2.24) is 0 Å². The van der Waals surface area contributed by atoms with Crippen LogP contribution < -0.4 is 0 Å². The first-order valence-corrected chi connectivity index (χ1v) is 6.52. The second-order valence-electron chi connectivity index (χ2n) is 5.54. The van der Waals surface area contributed by atoms with Gasteiger partial charge in [0.1, 0.15) is 5.60 Å². The number of ether oxygens (including phenoxy) is 1. The van der Waals surface area contributed by atoms with Crippen LogP contribution in [0.15, 0.2) is 24.3 Å². The van der Waals surface area contributed by atoms with Gasteiger partial charge in [-0.25, -0.2) is 4.79 Å². The molecular formula is C16H17NO4. The van der Waals surface area contributed by atoms with Gasteiger partial charge in [-0.05, 0) is 32.9 Å². The summed E-state index contributed by atoms with van der Waals surface area (Å²) in [5, 5.41) is 8.67. The molecule has 0 heterocycles. The summed E-state index contributed by atoms with van der Waals surface area (Å²) in [7, 11) is 0. The van der Waals surface area contributed by atoms with E-state index in [4.69, 9.17) is 10.00 Å². The number of hydrogen-bond donors (Lipinski definition) is 0. The SMILES string of the molecule is CC(C)(C)OC(=O)C(=O)CCC(=O)c1ccc(C#N)cc1. The summed E-state index contributed by atoms with van der Waals surface area (Å²) < 4.78 is 4.93.